The first-order chi connectivity index (χ1) is 10.6. The van der Waals surface area contributed by atoms with E-state index in [-0.39, 0.29) is 5.91 Å². The van der Waals surface area contributed by atoms with Crippen molar-refractivity contribution in [2.75, 3.05) is 13.1 Å². The molecule has 1 aliphatic heterocycles. The maximum absolute atomic E-state index is 12.3. The molecule has 1 saturated heterocycles. The van der Waals surface area contributed by atoms with Crippen molar-refractivity contribution in [2.24, 2.45) is 0 Å². The fourth-order valence-electron chi connectivity index (χ4n) is 2.72. The zero-order chi connectivity index (χ0) is 15.5. The third kappa shape index (κ3) is 3.47. The molecule has 0 saturated carbocycles. The Balaban J connectivity index is 1.63. The lowest BCUT2D eigenvalue weighted by Crippen LogP contribution is -2.27. The second-order valence-corrected chi connectivity index (χ2v) is 6.68. The summed E-state index contributed by atoms with van der Waals surface area (Å²) in [5.74, 6) is 0.895. The number of aromatic nitrogens is 1. The van der Waals surface area contributed by atoms with Gasteiger partial charge in [0.1, 0.15) is 23.1 Å². The second-order valence-electron chi connectivity index (χ2n) is 5.74. The zero-order valence-electron chi connectivity index (χ0n) is 13.0. The molecule has 0 spiro atoms. The van der Waals surface area contributed by atoms with Crippen molar-refractivity contribution in [3.63, 3.8) is 0 Å². The summed E-state index contributed by atoms with van der Waals surface area (Å²) in [4.78, 5) is 18.5. The van der Waals surface area contributed by atoms with Crippen molar-refractivity contribution in [1.29, 1.82) is 0 Å². The molecule has 1 aromatic carbocycles. The lowest BCUT2D eigenvalue weighted by Gasteiger charge is -2.12. The topological polar surface area (TPSA) is 42.4 Å². The van der Waals surface area contributed by atoms with E-state index in [0.29, 0.717) is 12.3 Å². The Morgan fingerprint density at radius 2 is 1.91 bits per heavy atom. The van der Waals surface area contributed by atoms with Crippen LogP contribution in [-0.2, 0) is 6.61 Å². The molecule has 1 amide bonds. The average Bonchev–Trinajstić information content (AvgIpc) is 3.15. The molecular formula is C17H20N2O2S. The molecule has 0 radical (unpaired) electrons. The number of benzene rings is 1. The second kappa shape index (κ2) is 6.48. The Kier molecular flexibility index (Phi) is 4.43. The van der Waals surface area contributed by atoms with E-state index >= 15 is 0 Å². The highest BCUT2D eigenvalue weighted by molar-refractivity contribution is 7.09. The molecule has 4 nitrogen and oxygen atoms in total. The number of rotatable bonds is 4. The Morgan fingerprint density at radius 1 is 1.23 bits per heavy atom. The number of hydrogen-bond donors (Lipinski definition) is 0. The van der Waals surface area contributed by atoms with Crippen LogP contribution in [0.5, 0.6) is 5.75 Å². The highest BCUT2D eigenvalue weighted by Crippen LogP contribution is 2.20. The van der Waals surface area contributed by atoms with Crippen molar-refractivity contribution < 1.29 is 9.53 Å². The quantitative estimate of drug-likeness (QED) is 0.866. The van der Waals surface area contributed by atoms with Gasteiger partial charge in [0, 0.05) is 18.5 Å². The SMILES string of the molecule is Cc1cc(C)cc(OCc2nc(C(=O)N3CCCC3)cs2)c1. The summed E-state index contributed by atoms with van der Waals surface area (Å²) < 4.78 is 5.80. The molecule has 116 valence electrons. The van der Waals surface area contributed by atoms with Gasteiger partial charge in [0.05, 0.1) is 0 Å². The van der Waals surface area contributed by atoms with E-state index in [1.807, 2.05) is 22.4 Å². The summed E-state index contributed by atoms with van der Waals surface area (Å²) in [7, 11) is 0. The molecule has 1 aliphatic rings. The first-order valence-electron chi connectivity index (χ1n) is 7.56. The van der Waals surface area contributed by atoms with E-state index < -0.39 is 0 Å². The molecule has 0 aliphatic carbocycles. The van der Waals surface area contributed by atoms with Crippen molar-refractivity contribution in [1.82, 2.24) is 9.88 Å². The molecule has 1 fully saturated rings. The van der Waals surface area contributed by atoms with Crippen LogP contribution in [0, 0.1) is 13.8 Å². The van der Waals surface area contributed by atoms with E-state index in [9.17, 15) is 4.79 Å². The maximum Gasteiger partial charge on any atom is 0.273 e. The summed E-state index contributed by atoms with van der Waals surface area (Å²) in [5, 5.41) is 2.67. The lowest BCUT2D eigenvalue weighted by molar-refractivity contribution is 0.0787. The maximum atomic E-state index is 12.3. The van der Waals surface area contributed by atoms with Crippen LogP contribution in [0.4, 0.5) is 0 Å². The molecule has 0 unspecified atom stereocenters. The summed E-state index contributed by atoms with van der Waals surface area (Å²) in [5.41, 5.74) is 2.91. The molecule has 2 aromatic rings. The number of hydrogen-bond acceptors (Lipinski definition) is 4. The third-order valence-electron chi connectivity index (χ3n) is 3.72. The van der Waals surface area contributed by atoms with Gasteiger partial charge in [0.25, 0.3) is 5.91 Å². The van der Waals surface area contributed by atoms with Crippen molar-refractivity contribution in [3.05, 3.63) is 45.4 Å². The average molecular weight is 316 g/mol. The van der Waals surface area contributed by atoms with E-state index in [1.165, 1.54) is 22.5 Å². The highest BCUT2D eigenvalue weighted by atomic mass is 32.1. The van der Waals surface area contributed by atoms with Gasteiger partial charge in [-0.2, -0.15) is 0 Å². The van der Waals surface area contributed by atoms with Gasteiger partial charge in [-0.05, 0) is 49.9 Å². The Labute approximate surface area is 134 Å². The minimum Gasteiger partial charge on any atom is -0.486 e. The molecule has 0 N–H and O–H groups in total. The third-order valence-corrected chi connectivity index (χ3v) is 4.54. The van der Waals surface area contributed by atoms with Gasteiger partial charge >= 0.3 is 0 Å². The molecule has 22 heavy (non-hydrogen) atoms. The van der Waals surface area contributed by atoms with E-state index in [4.69, 9.17) is 4.74 Å². The van der Waals surface area contributed by atoms with Crippen LogP contribution in [0.1, 0.15) is 39.5 Å². The number of ether oxygens (including phenoxy) is 1. The molecule has 3 rings (SSSR count). The molecular weight excluding hydrogens is 296 g/mol. The normalized spacial score (nSPS) is 14.4. The Bertz CT molecular complexity index is 655. The van der Waals surface area contributed by atoms with Crippen LogP contribution < -0.4 is 4.74 Å². The fraction of sp³-hybridized carbons (Fsp3) is 0.412. The standard InChI is InChI=1S/C17H20N2O2S/c1-12-7-13(2)9-14(8-12)21-10-16-18-15(11-22-16)17(20)19-5-3-4-6-19/h7-9,11H,3-6,10H2,1-2H3. The molecule has 0 atom stereocenters. The minimum atomic E-state index is 0.0476. The number of aryl methyl sites for hydroxylation is 2. The summed E-state index contributed by atoms with van der Waals surface area (Å²) in [6.07, 6.45) is 2.19. The van der Waals surface area contributed by atoms with Gasteiger partial charge in [0.2, 0.25) is 0 Å². The number of nitrogens with zero attached hydrogens (tertiary/aromatic N) is 2. The molecule has 0 bridgehead atoms. The van der Waals surface area contributed by atoms with Crippen LogP contribution in [0.15, 0.2) is 23.6 Å². The zero-order valence-corrected chi connectivity index (χ0v) is 13.8. The van der Waals surface area contributed by atoms with Crippen LogP contribution >= 0.6 is 11.3 Å². The number of carbonyl (C=O) groups is 1. The lowest BCUT2D eigenvalue weighted by atomic mass is 10.1. The molecule has 5 heteroatoms. The van der Waals surface area contributed by atoms with Gasteiger partial charge in [-0.25, -0.2) is 4.98 Å². The smallest absolute Gasteiger partial charge is 0.273 e. The van der Waals surface area contributed by atoms with Crippen LogP contribution in [-0.4, -0.2) is 28.9 Å². The van der Waals surface area contributed by atoms with E-state index in [2.05, 4.69) is 24.9 Å². The predicted octanol–water partition coefficient (Wildman–Crippen LogP) is 3.57. The van der Waals surface area contributed by atoms with Crippen LogP contribution in [0.25, 0.3) is 0 Å². The molecule has 2 heterocycles. The van der Waals surface area contributed by atoms with Gasteiger partial charge in [-0.15, -0.1) is 11.3 Å². The van der Waals surface area contributed by atoms with Gasteiger partial charge in [-0.1, -0.05) is 6.07 Å². The molecule has 1 aromatic heterocycles. The van der Waals surface area contributed by atoms with Crippen LogP contribution in [0.2, 0.25) is 0 Å². The number of thiazole rings is 1. The fourth-order valence-corrected chi connectivity index (χ4v) is 3.40. The summed E-state index contributed by atoms with van der Waals surface area (Å²) in [6.45, 7) is 6.21. The number of carbonyl (C=O) groups excluding carboxylic acids is 1. The number of likely N-dealkylation sites (tertiary alicyclic amines) is 1. The number of amides is 1. The summed E-state index contributed by atoms with van der Waals surface area (Å²) >= 11 is 1.48. The minimum absolute atomic E-state index is 0.0476. The van der Waals surface area contributed by atoms with Crippen molar-refractivity contribution in [2.45, 2.75) is 33.3 Å². The monoisotopic (exact) mass is 316 g/mol. The van der Waals surface area contributed by atoms with E-state index in [0.717, 1.165) is 36.7 Å². The van der Waals surface area contributed by atoms with Crippen molar-refractivity contribution in [3.8, 4) is 5.75 Å². The van der Waals surface area contributed by atoms with Crippen LogP contribution in [0.3, 0.4) is 0 Å². The Morgan fingerprint density at radius 3 is 2.59 bits per heavy atom. The van der Waals surface area contributed by atoms with E-state index in [1.54, 1.807) is 0 Å². The Hall–Kier alpha value is -1.88. The first kappa shape index (κ1) is 15.0. The predicted molar refractivity (Wildman–Crippen MR) is 87.5 cm³/mol. The van der Waals surface area contributed by atoms with Crippen molar-refractivity contribution >= 4 is 17.2 Å². The highest BCUT2D eigenvalue weighted by Gasteiger charge is 2.21. The first-order valence-corrected chi connectivity index (χ1v) is 8.44. The van der Waals surface area contributed by atoms with Gasteiger partial charge in [-0.3, -0.25) is 4.79 Å². The largest absolute Gasteiger partial charge is 0.486 e. The van der Waals surface area contributed by atoms with Gasteiger partial charge < -0.3 is 9.64 Å². The summed E-state index contributed by atoms with van der Waals surface area (Å²) in [6, 6.07) is 6.14. The van der Waals surface area contributed by atoms with Gasteiger partial charge in [0.15, 0.2) is 0 Å².